The first-order valence-corrected chi connectivity index (χ1v) is 9.93. The normalized spacial score (nSPS) is 16.4. The second kappa shape index (κ2) is 8.97. The molecule has 146 valence electrons. The predicted molar refractivity (Wildman–Crippen MR) is 103 cm³/mol. The van der Waals surface area contributed by atoms with E-state index in [-0.39, 0.29) is 23.7 Å². The van der Waals surface area contributed by atoms with Crippen LogP contribution in [-0.2, 0) is 16.0 Å². The lowest BCUT2D eigenvalue weighted by molar-refractivity contribution is -0.132. The third kappa shape index (κ3) is 4.84. The first kappa shape index (κ1) is 19.3. The minimum absolute atomic E-state index is 0.0204. The molecule has 1 fully saturated rings. The molecule has 0 aromatic carbocycles. The van der Waals surface area contributed by atoms with Crippen LogP contribution in [-0.4, -0.2) is 39.0 Å². The smallest absolute Gasteiger partial charge is 0.242 e. The number of hydrogen-bond acceptors (Lipinski definition) is 4. The molecular formula is C20H29N5O2. The molecule has 1 saturated carbocycles. The monoisotopic (exact) mass is 371 g/mol. The van der Waals surface area contributed by atoms with Gasteiger partial charge in [-0.2, -0.15) is 0 Å². The molecule has 0 saturated heterocycles. The van der Waals surface area contributed by atoms with Crippen LogP contribution in [0.2, 0.25) is 0 Å². The van der Waals surface area contributed by atoms with Gasteiger partial charge in [-0.15, -0.1) is 10.2 Å². The average Bonchev–Trinajstić information content (AvgIpc) is 3.09. The van der Waals surface area contributed by atoms with E-state index in [1.165, 1.54) is 6.42 Å². The fraction of sp³-hybridized carbons (Fsp3) is 0.600. The molecule has 1 aliphatic rings. The molecule has 0 bridgehead atoms. The lowest BCUT2D eigenvalue weighted by atomic mass is 9.88. The van der Waals surface area contributed by atoms with Crippen LogP contribution in [0.25, 0.3) is 5.65 Å². The highest BCUT2D eigenvalue weighted by atomic mass is 16.2. The SMILES string of the molecule is CC(C)C(NC(=O)C1CCCCC1)C(=O)NCCc1nnc2ccccn12. The Morgan fingerprint density at radius 2 is 1.96 bits per heavy atom. The summed E-state index contributed by atoms with van der Waals surface area (Å²) in [5.74, 6) is 0.773. The van der Waals surface area contributed by atoms with Crippen LogP contribution >= 0.6 is 0 Å². The second-order valence-corrected chi connectivity index (χ2v) is 7.65. The first-order chi connectivity index (χ1) is 13.1. The Hall–Kier alpha value is -2.44. The van der Waals surface area contributed by atoms with E-state index in [1.54, 1.807) is 0 Å². The van der Waals surface area contributed by atoms with Crippen molar-refractivity contribution in [3.63, 3.8) is 0 Å². The van der Waals surface area contributed by atoms with Crippen LogP contribution in [0, 0.1) is 11.8 Å². The van der Waals surface area contributed by atoms with Crippen LogP contribution in [0.15, 0.2) is 24.4 Å². The number of pyridine rings is 1. The van der Waals surface area contributed by atoms with Crippen molar-refractivity contribution in [3.8, 4) is 0 Å². The summed E-state index contributed by atoms with van der Waals surface area (Å²) < 4.78 is 1.91. The molecule has 3 rings (SSSR count). The topological polar surface area (TPSA) is 88.4 Å². The largest absolute Gasteiger partial charge is 0.354 e. The highest BCUT2D eigenvalue weighted by molar-refractivity contribution is 5.88. The lowest BCUT2D eigenvalue weighted by Crippen LogP contribution is -2.51. The number of carbonyl (C=O) groups excluding carboxylic acids is 2. The van der Waals surface area contributed by atoms with E-state index in [0.29, 0.717) is 13.0 Å². The summed E-state index contributed by atoms with van der Waals surface area (Å²) in [6, 6.07) is 5.23. The van der Waals surface area contributed by atoms with Crippen molar-refractivity contribution in [2.75, 3.05) is 6.54 Å². The van der Waals surface area contributed by atoms with Crippen LogP contribution in [0.4, 0.5) is 0 Å². The number of amides is 2. The summed E-state index contributed by atoms with van der Waals surface area (Å²) in [6.07, 6.45) is 7.75. The third-order valence-electron chi connectivity index (χ3n) is 5.26. The van der Waals surface area contributed by atoms with E-state index in [0.717, 1.165) is 37.2 Å². The van der Waals surface area contributed by atoms with Gasteiger partial charge in [-0.3, -0.25) is 14.0 Å². The van der Waals surface area contributed by atoms with Gasteiger partial charge in [0, 0.05) is 25.1 Å². The van der Waals surface area contributed by atoms with Gasteiger partial charge in [0.15, 0.2) is 5.65 Å². The van der Waals surface area contributed by atoms with Gasteiger partial charge in [-0.05, 0) is 30.9 Å². The Kier molecular flexibility index (Phi) is 6.42. The van der Waals surface area contributed by atoms with Gasteiger partial charge in [0.1, 0.15) is 11.9 Å². The van der Waals surface area contributed by atoms with Crippen LogP contribution in [0.1, 0.15) is 51.8 Å². The highest BCUT2D eigenvalue weighted by Gasteiger charge is 2.28. The Morgan fingerprint density at radius 3 is 2.70 bits per heavy atom. The Bertz CT molecular complexity index is 780. The highest BCUT2D eigenvalue weighted by Crippen LogP contribution is 2.24. The molecule has 2 amide bonds. The van der Waals surface area contributed by atoms with Gasteiger partial charge in [-0.1, -0.05) is 39.2 Å². The number of hydrogen-bond donors (Lipinski definition) is 2. The third-order valence-corrected chi connectivity index (χ3v) is 5.26. The fourth-order valence-corrected chi connectivity index (χ4v) is 3.64. The van der Waals surface area contributed by atoms with Gasteiger partial charge in [0.2, 0.25) is 11.8 Å². The zero-order chi connectivity index (χ0) is 19.2. The Morgan fingerprint density at radius 1 is 1.19 bits per heavy atom. The summed E-state index contributed by atoms with van der Waals surface area (Å²) >= 11 is 0. The minimum atomic E-state index is -0.505. The van der Waals surface area contributed by atoms with E-state index in [4.69, 9.17) is 0 Å². The van der Waals surface area contributed by atoms with Crippen molar-refractivity contribution >= 4 is 17.5 Å². The molecule has 7 heteroatoms. The summed E-state index contributed by atoms with van der Waals surface area (Å²) in [6.45, 7) is 4.37. The van der Waals surface area contributed by atoms with E-state index >= 15 is 0 Å². The molecule has 2 aromatic heterocycles. The molecule has 2 N–H and O–H groups in total. The maximum atomic E-state index is 12.6. The Balaban J connectivity index is 1.53. The zero-order valence-electron chi connectivity index (χ0n) is 16.1. The zero-order valence-corrected chi connectivity index (χ0v) is 16.1. The van der Waals surface area contributed by atoms with Crippen LogP contribution < -0.4 is 10.6 Å². The molecular weight excluding hydrogens is 342 g/mol. The van der Waals surface area contributed by atoms with Gasteiger partial charge >= 0.3 is 0 Å². The van der Waals surface area contributed by atoms with Crippen LogP contribution in [0.5, 0.6) is 0 Å². The summed E-state index contributed by atoms with van der Waals surface area (Å²) in [4.78, 5) is 25.1. The van der Waals surface area contributed by atoms with Crippen molar-refractivity contribution < 1.29 is 9.59 Å². The van der Waals surface area contributed by atoms with Crippen molar-refractivity contribution in [1.82, 2.24) is 25.2 Å². The van der Waals surface area contributed by atoms with Crippen molar-refractivity contribution in [2.24, 2.45) is 11.8 Å². The van der Waals surface area contributed by atoms with Gasteiger partial charge in [0.05, 0.1) is 0 Å². The van der Waals surface area contributed by atoms with Crippen molar-refractivity contribution in [2.45, 2.75) is 58.4 Å². The quantitative estimate of drug-likeness (QED) is 0.780. The average molecular weight is 371 g/mol. The number of carbonyl (C=O) groups is 2. The molecule has 2 aromatic rings. The standard InChI is InChI=1S/C20H29N5O2/c1-14(2)18(22-19(26)15-8-4-3-5-9-15)20(27)21-12-11-17-24-23-16-10-6-7-13-25(16)17/h6-7,10,13-15,18H,3-5,8-9,11-12H2,1-2H3,(H,21,27)(H,22,26). The number of rotatable bonds is 7. The maximum absolute atomic E-state index is 12.6. The van der Waals surface area contributed by atoms with E-state index in [2.05, 4.69) is 20.8 Å². The van der Waals surface area contributed by atoms with Crippen molar-refractivity contribution in [3.05, 3.63) is 30.2 Å². The second-order valence-electron chi connectivity index (χ2n) is 7.65. The molecule has 0 spiro atoms. The summed E-state index contributed by atoms with van der Waals surface area (Å²) in [7, 11) is 0. The van der Waals surface area contributed by atoms with Gasteiger partial charge in [-0.25, -0.2) is 0 Å². The molecule has 1 unspecified atom stereocenters. The number of fused-ring (bicyclic) bond motifs is 1. The molecule has 7 nitrogen and oxygen atoms in total. The van der Waals surface area contributed by atoms with E-state index in [1.807, 2.05) is 42.6 Å². The molecule has 2 heterocycles. The van der Waals surface area contributed by atoms with E-state index in [9.17, 15) is 9.59 Å². The summed E-state index contributed by atoms with van der Waals surface area (Å²) in [5, 5.41) is 14.2. The number of aromatic nitrogens is 3. The minimum Gasteiger partial charge on any atom is -0.354 e. The van der Waals surface area contributed by atoms with Crippen LogP contribution in [0.3, 0.4) is 0 Å². The molecule has 1 aliphatic carbocycles. The van der Waals surface area contributed by atoms with Gasteiger partial charge < -0.3 is 10.6 Å². The molecule has 27 heavy (non-hydrogen) atoms. The molecule has 1 atom stereocenters. The van der Waals surface area contributed by atoms with Crippen molar-refractivity contribution in [1.29, 1.82) is 0 Å². The van der Waals surface area contributed by atoms with E-state index < -0.39 is 6.04 Å². The number of nitrogens with one attached hydrogen (secondary N) is 2. The summed E-state index contributed by atoms with van der Waals surface area (Å²) in [5.41, 5.74) is 0.790. The molecule has 0 aliphatic heterocycles. The maximum Gasteiger partial charge on any atom is 0.242 e. The lowest BCUT2D eigenvalue weighted by Gasteiger charge is -2.26. The first-order valence-electron chi connectivity index (χ1n) is 9.93. The fourth-order valence-electron chi connectivity index (χ4n) is 3.64. The predicted octanol–water partition coefficient (Wildman–Crippen LogP) is 2.11. The van der Waals surface area contributed by atoms with Gasteiger partial charge in [0.25, 0.3) is 0 Å². The molecule has 0 radical (unpaired) electrons. The number of nitrogens with zero attached hydrogens (tertiary/aromatic N) is 3. The Labute approximate surface area is 159 Å².